The standard InChI is InChI=1S/C10H11F5N2.H3NO/c11-9(12,10(13,14)15)5-4-7(16)8-3-1-2-6-17-8;1-2/h1-3,6-7H,4-5,16H2;2H,1H2. The first-order valence-corrected chi connectivity index (χ1v) is 5.11. The molecule has 0 aliphatic heterocycles. The van der Waals surface area contributed by atoms with Crippen molar-refractivity contribution >= 4 is 0 Å². The fourth-order valence-corrected chi connectivity index (χ4v) is 1.22. The third-order valence-electron chi connectivity index (χ3n) is 2.25. The third-order valence-corrected chi connectivity index (χ3v) is 2.25. The highest BCUT2D eigenvalue weighted by molar-refractivity contribution is 5.07. The molecule has 0 saturated heterocycles. The Kier molecular flexibility index (Phi) is 6.81. The van der Waals surface area contributed by atoms with Crippen molar-refractivity contribution in [1.29, 1.82) is 0 Å². The lowest BCUT2D eigenvalue weighted by molar-refractivity contribution is -0.284. The Morgan fingerprint density at radius 3 is 2.16 bits per heavy atom. The van der Waals surface area contributed by atoms with Gasteiger partial charge in [-0.05, 0) is 18.6 Å². The highest BCUT2D eigenvalue weighted by Crippen LogP contribution is 2.39. The van der Waals surface area contributed by atoms with Crippen molar-refractivity contribution in [2.24, 2.45) is 11.6 Å². The van der Waals surface area contributed by atoms with Gasteiger partial charge in [-0.1, -0.05) is 6.07 Å². The number of pyridine rings is 1. The van der Waals surface area contributed by atoms with E-state index >= 15 is 0 Å². The zero-order valence-corrected chi connectivity index (χ0v) is 9.74. The van der Waals surface area contributed by atoms with E-state index in [1.165, 1.54) is 12.3 Å². The van der Waals surface area contributed by atoms with Crippen LogP contribution in [-0.2, 0) is 0 Å². The number of nitrogens with zero attached hydrogens (tertiary/aromatic N) is 1. The molecule has 0 amide bonds. The van der Waals surface area contributed by atoms with Gasteiger partial charge in [-0.3, -0.25) is 4.98 Å². The van der Waals surface area contributed by atoms with Crippen molar-refractivity contribution in [2.75, 3.05) is 0 Å². The second kappa shape index (κ2) is 7.31. The Labute approximate surface area is 106 Å². The smallest absolute Gasteiger partial charge is 0.323 e. The summed E-state index contributed by atoms with van der Waals surface area (Å²) in [6.45, 7) is 0. The van der Waals surface area contributed by atoms with Crippen molar-refractivity contribution in [3.05, 3.63) is 30.1 Å². The molecule has 9 heteroatoms. The summed E-state index contributed by atoms with van der Waals surface area (Å²) < 4.78 is 60.9. The van der Waals surface area contributed by atoms with Crippen molar-refractivity contribution < 1.29 is 27.2 Å². The molecule has 1 aromatic heterocycles. The van der Waals surface area contributed by atoms with Crippen LogP contribution in [0, 0.1) is 0 Å². The van der Waals surface area contributed by atoms with E-state index in [-0.39, 0.29) is 0 Å². The van der Waals surface area contributed by atoms with Gasteiger partial charge in [-0.25, -0.2) is 5.90 Å². The summed E-state index contributed by atoms with van der Waals surface area (Å²) in [6.07, 6.45) is -5.95. The van der Waals surface area contributed by atoms with Gasteiger partial charge in [0.1, 0.15) is 0 Å². The SMILES string of the molecule is NC(CCC(F)(F)C(F)(F)F)c1ccccn1.NO. The van der Waals surface area contributed by atoms with Gasteiger partial charge in [0, 0.05) is 18.7 Å². The highest BCUT2D eigenvalue weighted by Gasteiger charge is 2.56. The molecule has 0 aliphatic carbocycles. The summed E-state index contributed by atoms with van der Waals surface area (Å²) >= 11 is 0. The summed E-state index contributed by atoms with van der Waals surface area (Å²) in [4.78, 5) is 3.79. The van der Waals surface area contributed by atoms with Crippen LogP contribution in [0.3, 0.4) is 0 Å². The van der Waals surface area contributed by atoms with Gasteiger partial charge < -0.3 is 10.9 Å². The second-order valence-corrected chi connectivity index (χ2v) is 3.60. The van der Waals surface area contributed by atoms with Crippen LogP contribution in [0.25, 0.3) is 0 Å². The maximum Gasteiger partial charge on any atom is 0.453 e. The van der Waals surface area contributed by atoms with Gasteiger partial charge in [0.15, 0.2) is 0 Å². The van der Waals surface area contributed by atoms with E-state index < -0.39 is 31.0 Å². The first-order chi connectivity index (χ1) is 8.74. The van der Waals surface area contributed by atoms with Gasteiger partial charge >= 0.3 is 12.1 Å². The normalized spacial score (nSPS) is 13.5. The van der Waals surface area contributed by atoms with Crippen LogP contribution in [-0.4, -0.2) is 22.3 Å². The Morgan fingerprint density at radius 2 is 1.74 bits per heavy atom. The van der Waals surface area contributed by atoms with Crippen LogP contribution < -0.4 is 11.6 Å². The van der Waals surface area contributed by atoms with Crippen molar-refractivity contribution in [3.8, 4) is 0 Å². The molecule has 0 aliphatic rings. The second-order valence-electron chi connectivity index (χ2n) is 3.60. The molecule has 1 heterocycles. The Hall–Kier alpha value is -1.32. The highest BCUT2D eigenvalue weighted by atomic mass is 19.4. The zero-order chi connectivity index (χ0) is 15.1. The van der Waals surface area contributed by atoms with E-state index in [0.717, 1.165) is 0 Å². The average molecular weight is 287 g/mol. The van der Waals surface area contributed by atoms with Gasteiger partial charge in [-0.15, -0.1) is 0 Å². The maximum atomic E-state index is 12.6. The monoisotopic (exact) mass is 287 g/mol. The fraction of sp³-hybridized carbons (Fsp3) is 0.500. The number of nitrogens with two attached hydrogens (primary N) is 2. The minimum atomic E-state index is -5.53. The van der Waals surface area contributed by atoms with Crippen LogP contribution in [0.15, 0.2) is 24.4 Å². The van der Waals surface area contributed by atoms with Crippen LogP contribution in [0.1, 0.15) is 24.6 Å². The van der Waals surface area contributed by atoms with E-state index in [4.69, 9.17) is 10.9 Å². The molecule has 0 spiro atoms. The minimum absolute atomic E-state index is 0.297. The molecule has 0 radical (unpaired) electrons. The molecule has 0 bridgehead atoms. The maximum absolute atomic E-state index is 12.6. The molecule has 1 rings (SSSR count). The molecule has 0 fully saturated rings. The van der Waals surface area contributed by atoms with E-state index in [1.54, 1.807) is 12.1 Å². The predicted molar refractivity (Wildman–Crippen MR) is 57.4 cm³/mol. The van der Waals surface area contributed by atoms with Gasteiger partial charge in [0.05, 0.1) is 5.69 Å². The first kappa shape index (κ1) is 17.7. The van der Waals surface area contributed by atoms with E-state index in [9.17, 15) is 22.0 Å². The summed E-state index contributed by atoms with van der Waals surface area (Å²) in [5, 5.41) is 6.50. The number of halogens is 5. The number of hydrogen-bond donors (Lipinski definition) is 3. The van der Waals surface area contributed by atoms with E-state index in [0.29, 0.717) is 5.69 Å². The molecule has 1 atom stereocenters. The quantitative estimate of drug-likeness (QED) is 0.586. The van der Waals surface area contributed by atoms with Crippen molar-refractivity contribution in [3.63, 3.8) is 0 Å². The molecular weight excluding hydrogens is 273 g/mol. The summed E-state index contributed by atoms with van der Waals surface area (Å²) in [5.74, 6) is -1.21. The molecule has 19 heavy (non-hydrogen) atoms. The summed E-state index contributed by atoms with van der Waals surface area (Å²) in [6, 6.07) is 3.74. The molecular formula is C10H14F5N3O. The van der Waals surface area contributed by atoms with Crippen molar-refractivity contribution in [1.82, 2.24) is 4.98 Å². The van der Waals surface area contributed by atoms with Crippen molar-refractivity contribution in [2.45, 2.75) is 31.0 Å². The number of aromatic nitrogens is 1. The molecule has 1 unspecified atom stereocenters. The molecule has 5 N–H and O–H groups in total. The molecule has 110 valence electrons. The number of rotatable bonds is 4. The molecule has 4 nitrogen and oxygen atoms in total. The topological polar surface area (TPSA) is 85.2 Å². The van der Waals surface area contributed by atoms with Gasteiger partial charge in [0.2, 0.25) is 0 Å². The minimum Gasteiger partial charge on any atom is -0.323 e. The van der Waals surface area contributed by atoms with Crippen LogP contribution >= 0.6 is 0 Å². The Balaban J connectivity index is 0.00000154. The predicted octanol–water partition coefficient (Wildman–Crippen LogP) is 2.39. The lowest BCUT2D eigenvalue weighted by Gasteiger charge is -2.21. The largest absolute Gasteiger partial charge is 0.453 e. The third kappa shape index (κ3) is 5.45. The molecule has 1 aromatic rings. The Morgan fingerprint density at radius 1 is 1.16 bits per heavy atom. The zero-order valence-electron chi connectivity index (χ0n) is 9.74. The Bertz CT molecular complexity index is 358. The van der Waals surface area contributed by atoms with Crippen LogP contribution in [0.4, 0.5) is 22.0 Å². The first-order valence-electron chi connectivity index (χ1n) is 5.11. The molecule has 0 saturated carbocycles. The summed E-state index contributed by atoms with van der Waals surface area (Å²) in [7, 11) is 0. The van der Waals surface area contributed by atoms with Gasteiger partial charge in [-0.2, -0.15) is 22.0 Å². The number of alkyl halides is 5. The van der Waals surface area contributed by atoms with E-state index in [1.807, 2.05) is 0 Å². The van der Waals surface area contributed by atoms with Gasteiger partial charge in [0.25, 0.3) is 0 Å². The lowest BCUT2D eigenvalue weighted by Crippen LogP contribution is -2.37. The lowest BCUT2D eigenvalue weighted by atomic mass is 10.0. The average Bonchev–Trinajstić information content (AvgIpc) is 2.38. The van der Waals surface area contributed by atoms with E-state index in [2.05, 4.69) is 10.9 Å². The summed E-state index contributed by atoms with van der Waals surface area (Å²) in [5.41, 5.74) is 5.78. The molecule has 0 aromatic carbocycles. The fourth-order valence-electron chi connectivity index (χ4n) is 1.22. The number of hydrogen-bond acceptors (Lipinski definition) is 4. The van der Waals surface area contributed by atoms with Crippen LogP contribution in [0.5, 0.6) is 0 Å². The van der Waals surface area contributed by atoms with Crippen LogP contribution in [0.2, 0.25) is 0 Å².